The van der Waals surface area contributed by atoms with E-state index in [1.807, 2.05) is 42.5 Å². The van der Waals surface area contributed by atoms with E-state index in [0.717, 1.165) is 18.4 Å². The Balaban J connectivity index is 2.01. The van der Waals surface area contributed by atoms with Crippen LogP contribution in [0.3, 0.4) is 0 Å². The Labute approximate surface area is 221 Å². The maximum absolute atomic E-state index is 12.8. The first kappa shape index (κ1) is 30.6. The van der Waals surface area contributed by atoms with Crippen molar-refractivity contribution in [3.05, 3.63) is 48.0 Å². The van der Waals surface area contributed by atoms with E-state index in [9.17, 15) is 15.0 Å². The third-order valence-corrected chi connectivity index (χ3v) is 7.19. The van der Waals surface area contributed by atoms with Gasteiger partial charge in [0.15, 0.2) is 6.29 Å². The summed E-state index contributed by atoms with van der Waals surface area (Å²) in [6.07, 6.45) is 17.7. The fourth-order valence-corrected chi connectivity index (χ4v) is 5.09. The van der Waals surface area contributed by atoms with E-state index >= 15 is 0 Å². The highest BCUT2D eigenvalue weighted by molar-refractivity contribution is 5.73. The van der Waals surface area contributed by atoms with Gasteiger partial charge in [0.05, 0.1) is 18.1 Å². The van der Waals surface area contributed by atoms with Crippen LogP contribution in [0, 0.1) is 42.4 Å². The third kappa shape index (κ3) is 11.1. The summed E-state index contributed by atoms with van der Waals surface area (Å²) in [6, 6.07) is 10.00. The van der Waals surface area contributed by atoms with Gasteiger partial charge in [-0.1, -0.05) is 42.5 Å². The summed E-state index contributed by atoms with van der Waals surface area (Å²) in [4.78, 5) is 12.8. The number of terminal acetylenes is 2. The minimum atomic E-state index is -1.29. The highest BCUT2D eigenvalue weighted by Crippen LogP contribution is 2.39. The number of aliphatic hydroxyl groups excluding tert-OH is 3. The molecule has 0 radical (unpaired) electrons. The van der Waals surface area contributed by atoms with Crippen LogP contribution in [0.4, 0.5) is 0 Å². The first-order valence-electron chi connectivity index (χ1n) is 13.3. The molecule has 0 amide bonds. The lowest BCUT2D eigenvalue weighted by atomic mass is 9.85. The summed E-state index contributed by atoms with van der Waals surface area (Å²) in [5.74, 6) is 3.91. The fraction of sp³-hybridized carbons (Fsp3) is 0.581. The van der Waals surface area contributed by atoms with Gasteiger partial charge < -0.3 is 25.2 Å². The second kappa shape index (κ2) is 17.0. The molecular formula is C31H42O6. The SMILES string of the molecule is C#CCC(CC#C)C(=O)O[C@@H](CCc1ccccc1)CC[C@@H]1[C@@H](C/C=C\CCCC(O)O)[C@@H](O)C[C@H]1O. The van der Waals surface area contributed by atoms with Crippen LogP contribution in [-0.4, -0.2) is 51.0 Å². The fourth-order valence-electron chi connectivity index (χ4n) is 5.09. The van der Waals surface area contributed by atoms with E-state index < -0.39 is 24.4 Å². The number of allylic oxidation sites excluding steroid dienone is 2. The zero-order valence-corrected chi connectivity index (χ0v) is 21.6. The third-order valence-electron chi connectivity index (χ3n) is 7.19. The van der Waals surface area contributed by atoms with Gasteiger partial charge in [-0.2, -0.15) is 0 Å². The van der Waals surface area contributed by atoms with Crippen LogP contribution in [-0.2, 0) is 16.0 Å². The standard InChI is InChI=1S/C31H42O6/c1-3-12-24(13-4-2)31(36)37-25(19-18-23-14-8-7-9-15-23)20-21-27-26(28(32)22-29(27)33)16-10-5-6-11-17-30(34)35/h1-2,5,7-10,14-15,24-30,32-35H,6,11-13,16-22H2/b10-5-/t25-,26+,27+,28-,29+/m0/s1. The molecule has 6 nitrogen and oxygen atoms in total. The van der Waals surface area contributed by atoms with Crippen LogP contribution in [0.15, 0.2) is 42.5 Å². The van der Waals surface area contributed by atoms with E-state index in [4.69, 9.17) is 27.8 Å². The molecule has 1 saturated carbocycles. The van der Waals surface area contributed by atoms with Gasteiger partial charge in [-0.25, -0.2) is 0 Å². The van der Waals surface area contributed by atoms with Crippen molar-refractivity contribution in [3.8, 4) is 24.7 Å². The van der Waals surface area contributed by atoms with Gasteiger partial charge in [0.25, 0.3) is 0 Å². The largest absolute Gasteiger partial charge is 0.462 e. The number of esters is 1. The van der Waals surface area contributed by atoms with Gasteiger partial charge in [0, 0.05) is 12.8 Å². The number of aryl methyl sites for hydroxylation is 1. The number of aliphatic hydroxyl groups is 4. The topological polar surface area (TPSA) is 107 Å². The van der Waals surface area contributed by atoms with Gasteiger partial charge in [-0.15, -0.1) is 24.7 Å². The summed E-state index contributed by atoms with van der Waals surface area (Å²) < 4.78 is 5.91. The van der Waals surface area contributed by atoms with Gasteiger partial charge >= 0.3 is 5.97 Å². The number of benzene rings is 1. The molecule has 1 aliphatic rings. The molecule has 1 aromatic carbocycles. The predicted octanol–water partition coefficient (Wildman–Crippen LogP) is 3.76. The second-order valence-electron chi connectivity index (χ2n) is 9.99. The Bertz CT molecular complexity index is 881. The molecule has 0 heterocycles. The van der Waals surface area contributed by atoms with Crippen LogP contribution < -0.4 is 0 Å². The average Bonchev–Trinajstić information content (AvgIpc) is 3.14. The molecule has 1 aliphatic carbocycles. The molecular weight excluding hydrogens is 468 g/mol. The molecule has 0 aromatic heterocycles. The number of hydrogen-bond donors (Lipinski definition) is 4. The summed E-state index contributed by atoms with van der Waals surface area (Å²) in [7, 11) is 0. The zero-order valence-electron chi connectivity index (χ0n) is 21.6. The predicted molar refractivity (Wildman–Crippen MR) is 144 cm³/mol. The number of carbonyl (C=O) groups excluding carboxylic acids is 1. The number of carbonyl (C=O) groups is 1. The summed E-state index contributed by atoms with van der Waals surface area (Å²) in [5, 5.41) is 39.1. The lowest BCUT2D eigenvalue weighted by Gasteiger charge is -2.26. The number of ether oxygens (including phenoxy) is 1. The van der Waals surface area contributed by atoms with Gasteiger partial charge in [0.2, 0.25) is 0 Å². The molecule has 0 spiro atoms. The monoisotopic (exact) mass is 510 g/mol. The lowest BCUT2D eigenvalue weighted by molar-refractivity contribution is -0.154. The van der Waals surface area contributed by atoms with E-state index in [1.165, 1.54) is 0 Å². The average molecular weight is 511 g/mol. The minimum absolute atomic E-state index is 0.0872. The highest BCUT2D eigenvalue weighted by Gasteiger charge is 2.41. The second-order valence-corrected chi connectivity index (χ2v) is 9.99. The maximum atomic E-state index is 12.8. The van der Waals surface area contributed by atoms with Gasteiger partial charge in [0.1, 0.15) is 6.10 Å². The Kier molecular flexibility index (Phi) is 14.1. The van der Waals surface area contributed by atoms with Crippen molar-refractivity contribution in [2.24, 2.45) is 17.8 Å². The summed E-state index contributed by atoms with van der Waals surface area (Å²) in [5.41, 5.74) is 1.15. The normalized spacial score (nSPS) is 22.3. The molecule has 0 aliphatic heterocycles. The Morgan fingerprint density at radius 1 is 1.00 bits per heavy atom. The Morgan fingerprint density at radius 3 is 2.32 bits per heavy atom. The minimum Gasteiger partial charge on any atom is -0.462 e. The molecule has 37 heavy (non-hydrogen) atoms. The van der Waals surface area contributed by atoms with Crippen molar-refractivity contribution < 1.29 is 30.0 Å². The lowest BCUT2D eigenvalue weighted by Crippen LogP contribution is -2.28. The molecule has 2 rings (SSSR count). The van der Waals surface area contributed by atoms with Crippen molar-refractivity contribution in [3.63, 3.8) is 0 Å². The van der Waals surface area contributed by atoms with Gasteiger partial charge in [-0.3, -0.25) is 4.79 Å². The molecule has 0 saturated heterocycles. The summed E-state index contributed by atoms with van der Waals surface area (Å²) >= 11 is 0. The van der Waals surface area contributed by atoms with Crippen molar-refractivity contribution in [1.29, 1.82) is 0 Å². The van der Waals surface area contributed by atoms with Crippen LogP contribution >= 0.6 is 0 Å². The number of hydrogen-bond acceptors (Lipinski definition) is 6. The van der Waals surface area contributed by atoms with Gasteiger partial charge in [-0.05, 0) is 75.2 Å². The van der Waals surface area contributed by atoms with Crippen molar-refractivity contribution >= 4 is 5.97 Å². The number of rotatable bonds is 16. The van der Waals surface area contributed by atoms with Crippen LogP contribution in [0.1, 0.15) is 69.8 Å². The first-order chi connectivity index (χ1) is 17.8. The molecule has 6 heteroatoms. The quantitative estimate of drug-likeness (QED) is 0.0887. The molecule has 0 unspecified atom stereocenters. The molecule has 1 fully saturated rings. The maximum Gasteiger partial charge on any atom is 0.311 e. The molecule has 5 atom stereocenters. The summed E-state index contributed by atoms with van der Waals surface area (Å²) in [6.45, 7) is 0. The van der Waals surface area contributed by atoms with E-state index in [-0.39, 0.29) is 36.8 Å². The number of unbranched alkanes of at least 4 members (excludes halogenated alkanes) is 1. The molecule has 0 bridgehead atoms. The Hall–Kier alpha value is -2.61. The van der Waals surface area contributed by atoms with Crippen LogP contribution in [0.2, 0.25) is 0 Å². The van der Waals surface area contributed by atoms with Crippen molar-refractivity contribution in [2.45, 2.75) is 95.2 Å². The van der Waals surface area contributed by atoms with E-state index in [2.05, 4.69) is 11.8 Å². The molecule has 202 valence electrons. The molecule has 1 aromatic rings. The van der Waals surface area contributed by atoms with Crippen molar-refractivity contribution in [2.75, 3.05) is 0 Å². The smallest absolute Gasteiger partial charge is 0.311 e. The Morgan fingerprint density at radius 2 is 1.68 bits per heavy atom. The van der Waals surface area contributed by atoms with Crippen molar-refractivity contribution in [1.82, 2.24) is 0 Å². The highest BCUT2D eigenvalue weighted by atomic mass is 16.5. The van der Waals surface area contributed by atoms with Crippen LogP contribution in [0.5, 0.6) is 0 Å². The zero-order chi connectivity index (χ0) is 27.0. The first-order valence-corrected chi connectivity index (χ1v) is 13.3. The molecule has 4 N–H and O–H groups in total. The van der Waals surface area contributed by atoms with E-state index in [1.54, 1.807) is 0 Å². The van der Waals surface area contributed by atoms with Crippen LogP contribution in [0.25, 0.3) is 0 Å². The van der Waals surface area contributed by atoms with E-state index in [0.29, 0.717) is 44.9 Å².